The Kier molecular flexibility index (Phi) is 4.12. The van der Waals surface area contributed by atoms with Gasteiger partial charge in [-0.15, -0.1) is 0 Å². The average molecular weight is 422 g/mol. The molecule has 2 aromatic heterocycles. The second-order valence-electron chi connectivity index (χ2n) is 9.50. The average Bonchev–Trinajstić information content (AvgIpc) is 3.62. The highest BCUT2D eigenvalue weighted by Gasteiger charge is 2.21. The molecular formula is C27H27N5. The van der Waals surface area contributed by atoms with Crippen molar-refractivity contribution < 1.29 is 0 Å². The predicted molar refractivity (Wildman–Crippen MR) is 130 cm³/mol. The topological polar surface area (TPSA) is 69.4 Å². The van der Waals surface area contributed by atoms with Gasteiger partial charge >= 0.3 is 0 Å². The van der Waals surface area contributed by atoms with Crippen molar-refractivity contribution in [2.75, 3.05) is 6.54 Å². The summed E-state index contributed by atoms with van der Waals surface area (Å²) in [6.07, 6.45) is 7.54. The summed E-state index contributed by atoms with van der Waals surface area (Å²) in [7, 11) is 0. The molecule has 3 heterocycles. The van der Waals surface area contributed by atoms with Crippen LogP contribution in [-0.4, -0.2) is 26.5 Å². The molecule has 0 radical (unpaired) electrons. The lowest BCUT2D eigenvalue weighted by Gasteiger charge is -2.05. The molecule has 1 atom stereocenters. The smallest absolute Gasteiger partial charge is 0.124 e. The van der Waals surface area contributed by atoms with Crippen LogP contribution in [0.5, 0.6) is 0 Å². The van der Waals surface area contributed by atoms with Crippen LogP contribution in [0.1, 0.15) is 62.1 Å². The highest BCUT2D eigenvalue weighted by Crippen LogP contribution is 2.35. The van der Waals surface area contributed by atoms with Gasteiger partial charge in [0.2, 0.25) is 0 Å². The van der Waals surface area contributed by atoms with E-state index in [1.54, 1.807) is 0 Å². The zero-order valence-corrected chi connectivity index (χ0v) is 18.1. The van der Waals surface area contributed by atoms with E-state index in [1.165, 1.54) is 59.8 Å². The number of rotatable bonds is 3. The number of aromatic amines is 2. The standard InChI is InChI=1S/C27H27N5/c1-2-5-16(4-1)26-29-21-11-8-18(15-24(21)31-26)17-7-10-20-19(14-17)9-12-22-25(20)32-27(30-22)23-6-3-13-28-23/h7-12,14-16,23,28H,1-6,13H2,(H,29,31)(H,30,32)/t23-/m0/s1. The molecule has 0 spiro atoms. The summed E-state index contributed by atoms with van der Waals surface area (Å²) in [5, 5.41) is 5.98. The van der Waals surface area contributed by atoms with Crippen molar-refractivity contribution in [2.45, 2.75) is 50.5 Å². The normalized spacial score (nSPS) is 19.7. The zero-order valence-electron chi connectivity index (χ0n) is 18.1. The van der Waals surface area contributed by atoms with E-state index in [0.29, 0.717) is 12.0 Å². The summed E-state index contributed by atoms with van der Waals surface area (Å²) in [6.45, 7) is 1.08. The van der Waals surface area contributed by atoms with Crippen LogP contribution in [0.15, 0.2) is 48.5 Å². The Balaban J connectivity index is 1.27. The molecule has 5 aromatic rings. The van der Waals surface area contributed by atoms with Crippen molar-refractivity contribution in [2.24, 2.45) is 0 Å². The van der Waals surface area contributed by atoms with Gasteiger partial charge in [0, 0.05) is 11.3 Å². The van der Waals surface area contributed by atoms with Gasteiger partial charge < -0.3 is 15.3 Å². The molecule has 2 aliphatic rings. The van der Waals surface area contributed by atoms with Crippen LogP contribution in [0.3, 0.4) is 0 Å². The van der Waals surface area contributed by atoms with Gasteiger partial charge in [-0.05, 0) is 73.0 Å². The third-order valence-corrected chi connectivity index (χ3v) is 7.45. The van der Waals surface area contributed by atoms with E-state index in [1.807, 2.05) is 0 Å². The van der Waals surface area contributed by atoms with Gasteiger partial charge in [0.1, 0.15) is 11.6 Å². The minimum absolute atomic E-state index is 0.354. The van der Waals surface area contributed by atoms with Crippen molar-refractivity contribution >= 4 is 32.8 Å². The fourth-order valence-electron chi connectivity index (χ4n) is 5.69. The molecule has 160 valence electrons. The SMILES string of the molecule is c1cc2c(ccc3[nH]c([C@@H]4CCCN4)nc32)cc1-c1ccc2nc(C3CCCC3)[nH]c2c1. The lowest BCUT2D eigenvalue weighted by molar-refractivity contribution is 0.614. The highest BCUT2D eigenvalue weighted by molar-refractivity contribution is 6.05. The van der Waals surface area contributed by atoms with Gasteiger partial charge in [-0.2, -0.15) is 0 Å². The maximum absolute atomic E-state index is 4.98. The Morgan fingerprint density at radius 3 is 2.44 bits per heavy atom. The van der Waals surface area contributed by atoms with Crippen molar-refractivity contribution in [1.82, 2.24) is 25.3 Å². The first-order chi connectivity index (χ1) is 15.8. The van der Waals surface area contributed by atoms with Gasteiger partial charge in [0.05, 0.1) is 28.1 Å². The van der Waals surface area contributed by atoms with Crippen LogP contribution in [0, 0.1) is 0 Å². The lowest BCUT2D eigenvalue weighted by Crippen LogP contribution is -2.13. The van der Waals surface area contributed by atoms with Gasteiger partial charge in [0.25, 0.3) is 0 Å². The summed E-state index contributed by atoms with van der Waals surface area (Å²) in [5.74, 6) is 2.84. The number of H-pyrrole nitrogens is 2. The number of imidazole rings is 2. The largest absolute Gasteiger partial charge is 0.342 e. The highest BCUT2D eigenvalue weighted by atomic mass is 15.0. The van der Waals surface area contributed by atoms with E-state index < -0.39 is 0 Å². The van der Waals surface area contributed by atoms with Crippen molar-refractivity contribution in [3.63, 3.8) is 0 Å². The number of hydrogen-bond donors (Lipinski definition) is 3. The molecule has 3 aromatic carbocycles. The molecule has 5 nitrogen and oxygen atoms in total. The van der Waals surface area contributed by atoms with Crippen molar-refractivity contribution in [3.8, 4) is 11.1 Å². The maximum Gasteiger partial charge on any atom is 0.124 e. The van der Waals surface area contributed by atoms with Gasteiger partial charge in [-0.1, -0.05) is 37.1 Å². The molecule has 7 rings (SSSR count). The van der Waals surface area contributed by atoms with E-state index in [0.717, 1.165) is 40.9 Å². The number of nitrogens with zero attached hydrogens (tertiary/aromatic N) is 2. The molecule has 5 heteroatoms. The fraction of sp³-hybridized carbons (Fsp3) is 0.333. The van der Waals surface area contributed by atoms with Crippen LogP contribution < -0.4 is 5.32 Å². The first-order valence-corrected chi connectivity index (χ1v) is 12.0. The summed E-state index contributed by atoms with van der Waals surface area (Å²) in [4.78, 5) is 17.0. The Labute approximate surface area is 186 Å². The summed E-state index contributed by atoms with van der Waals surface area (Å²) in [6, 6.07) is 18.1. The summed E-state index contributed by atoms with van der Waals surface area (Å²) < 4.78 is 0. The maximum atomic E-state index is 4.98. The lowest BCUT2D eigenvalue weighted by atomic mass is 10.0. The van der Waals surface area contributed by atoms with Crippen LogP contribution in [0.2, 0.25) is 0 Å². The second-order valence-corrected chi connectivity index (χ2v) is 9.50. The third-order valence-electron chi connectivity index (χ3n) is 7.45. The quantitative estimate of drug-likeness (QED) is 0.318. The van der Waals surface area contributed by atoms with Gasteiger partial charge in [-0.25, -0.2) is 9.97 Å². The molecule has 0 bridgehead atoms. The number of fused-ring (bicyclic) bond motifs is 4. The first-order valence-electron chi connectivity index (χ1n) is 12.0. The number of benzene rings is 3. The predicted octanol–water partition coefficient (Wildman–Crippen LogP) is 6.34. The van der Waals surface area contributed by atoms with E-state index in [-0.39, 0.29) is 0 Å². The molecule has 1 saturated heterocycles. The third kappa shape index (κ3) is 2.95. The molecule has 1 aliphatic heterocycles. The Bertz CT molecular complexity index is 1450. The van der Waals surface area contributed by atoms with Crippen LogP contribution in [0.25, 0.3) is 44.0 Å². The van der Waals surface area contributed by atoms with Crippen LogP contribution >= 0.6 is 0 Å². The number of aromatic nitrogens is 4. The molecule has 3 N–H and O–H groups in total. The fourth-order valence-corrected chi connectivity index (χ4v) is 5.69. The Morgan fingerprint density at radius 1 is 0.719 bits per heavy atom. The van der Waals surface area contributed by atoms with E-state index >= 15 is 0 Å². The zero-order chi connectivity index (χ0) is 21.1. The molecule has 2 fully saturated rings. The van der Waals surface area contributed by atoms with Crippen LogP contribution in [0.4, 0.5) is 0 Å². The van der Waals surface area contributed by atoms with Crippen molar-refractivity contribution in [3.05, 3.63) is 60.2 Å². The van der Waals surface area contributed by atoms with E-state index in [9.17, 15) is 0 Å². The second kappa shape index (κ2) is 7.17. The molecule has 1 aliphatic carbocycles. The van der Waals surface area contributed by atoms with Gasteiger partial charge in [-0.3, -0.25) is 0 Å². The summed E-state index contributed by atoms with van der Waals surface area (Å²) >= 11 is 0. The minimum Gasteiger partial charge on any atom is -0.342 e. The molecular weight excluding hydrogens is 394 g/mol. The molecule has 1 saturated carbocycles. The van der Waals surface area contributed by atoms with Crippen molar-refractivity contribution in [1.29, 1.82) is 0 Å². The Hall–Kier alpha value is -3.18. The van der Waals surface area contributed by atoms with Crippen LogP contribution in [-0.2, 0) is 0 Å². The number of hydrogen-bond acceptors (Lipinski definition) is 3. The minimum atomic E-state index is 0.354. The van der Waals surface area contributed by atoms with E-state index in [4.69, 9.17) is 9.97 Å². The first kappa shape index (κ1) is 18.4. The monoisotopic (exact) mass is 421 g/mol. The number of nitrogens with one attached hydrogen (secondary N) is 3. The molecule has 0 unspecified atom stereocenters. The molecule has 0 amide bonds. The van der Waals surface area contributed by atoms with E-state index in [2.05, 4.69) is 63.8 Å². The molecule has 32 heavy (non-hydrogen) atoms. The van der Waals surface area contributed by atoms with Gasteiger partial charge in [0.15, 0.2) is 0 Å². The summed E-state index contributed by atoms with van der Waals surface area (Å²) in [5.41, 5.74) is 6.85. The Morgan fingerprint density at radius 2 is 1.56 bits per heavy atom.